The Morgan fingerprint density at radius 1 is 1.20 bits per heavy atom. The van der Waals surface area contributed by atoms with Crippen LogP contribution in [0.3, 0.4) is 0 Å². The Bertz CT molecular complexity index is 283. The summed E-state index contributed by atoms with van der Waals surface area (Å²) in [6.07, 6.45) is 0. The molecule has 1 heterocycles. The molecule has 1 aliphatic heterocycles. The third-order valence-corrected chi connectivity index (χ3v) is 3.54. The Balaban J connectivity index is 2.09. The fraction of sp³-hybridized carbons (Fsp3) is 0.500. The maximum absolute atomic E-state index is 3.63. The lowest BCUT2D eigenvalue weighted by Crippen LogP contribution is -2.45. The summed E-state index contributed by atoms with van der Waals surface area (Å²) in [5, 5.41) is 4.40. The molecule has 1 N–H and O–H groups in total. The van der Waals surface area contributed by atoms with Gasteiger partial charge in [-0.05, 0) is 5.56 Å². The van der Waals surface area contributed by atoms with Gasteiger partial charge in [-0.25, -0.2) is 0 Å². The number of nitrogens with zero attached hydrogens (tertiary/aromatic N) is 1. The molecule has 3 heteroatoms. The van der Waals surface area contributed by atoms with Gasteiger partial charge >= 0.3 is 0 Å². The monoisotopic (exact) mass is 268 g/mol. The third kappa shape index (κ3) is 2.80. The molecule has 1 aromatic carbocycles. The standard InChI is InChI=1S/C12H17BrN2/c13-10-12(11-4-2-1-3-5-11)15-8-6-14-7-9-15/h1-5,12,14H,6-10H2. The minimum atomic E-state index is 0.522. The van der Waals surface area contributed by atoms with Crippen molar-refractivity contribution in [2.24, 2.45) is 0 Å². The van der Waals surface area contributed by atoms with Crippen LogP contribution in [0.4, 0.5) is 0 Å². The van der Waals surface area contributed by atoms with E-state index in [0.717, 1.165) is 31.5 Å². The summed E-state index contributed by atoms with van der Waals surface area (Å²) in [6.45, 7) is 4.50. The SMILES string of the molecule is BrCC(c1ccccc1)N1CCNCC1. The van der Waals surface area contributed by atoms with Gasteiger partial charge in [-0.3, -0.25) is 4.90 Å². The van der Waals surface area contributed by atoms with Crippen LogP contribution in [0.25, 0.3) is 0 Å². The van der Waals surface area contributed by atoms with Crippen molar-refractivity contribution < 1.29 is 0 Å². The van der Waals surface area contributed by atoms with Crippen LogP contribution in [-0.4, -0.2) is 36.4 Å². The van der Waals surface area contributed by atoms with E-state index in [-0.39, 0.29) is 0 Å². The van der Waals surface area contributed by atoms with Gasteiger partial charge in [-0.1, -0.05) is 46.3 Å². The van der Waals surface area contributed by atoms with Gasteiger partial charge in [0.2, 0.25) is 0 Å². The predicted molar refractivity (Wildman–Crippen MR) is 67.4 cm³/mol. The number of nitrogens with one attached hydrogen (secondary N) is 1. The van der Waals surface area contributed by atoms with Crippen molar-refractivity contribution in [3.63, 3.8) is 0 Å². The Hall–Kier alpha value is -0.380. The zero-order chi connectivity index (χ0) is 10.5. The second-order valence-corrected chi connectivity index (χ2v) is 4.51. The van der Waals surface area contributed by atoms with Crippen LogP contribution in [0.2, 0.25) is 0 Å². The van der Waals surface area contributed by atoms with E-state index in [4.69, 9.17) is 0 Å². The number of piperazine rings is 1. The highest BCUT2D eigenvalue weighted by Gasteiger charge is 2.20. The summed E-state index contributed by atoms with van der Waals surface area (Å²) in [5.41, 5.74) is 1.41. The fourth-order valence-electron chi connectivity index (χ4n) is 2.07. The lowest BCUT2D eigenvalue weighted by atomic mass is 10.1. The first-order chi connectivity index (χ1) is 7.42. The summed E-state index contributed by atoms with van der Waals surface area (Å²) >= 11 is 3.63. The lowest BCUT2D eigenvalue weighted by Gasteiger charge is -2.34. The zero-order valence-corrected chi connectivity index (χ0v) is 10.4. The van der Waals surface area contributed by atoms with Crippen LogP contribution in [0, 0.1) is 0 Å². The highest BCUT2D eigenvalue weighted by atomic mass is 79.9. The molecule has 1 aliphatic rings. The number of hydrogen-bond donors (Lipinski definition) is 1. The topological polar surface area (TPSA) is 15.3 Å². The average molecular weight is 269 g/mol. The van der Waals surface area contributed by atoms with Gasteiger partial charge in [0.15, 0.2) is 0 Å². The number of alkyl halides is 1. The first-order valence-corrected chi connectivity index (χ1v) is 6.59. The van der Waals surface area contributed by atoms with Gasteiger partial charge in [0.1, 0.15) is 0 Å². The molecule has 1 atom stereocenters. The molecule has 0 radical (unpaired) electrons. The molecular formula is C12H17BrN2. The maximum atomic E-state index is 3.63. The molecule has 2 nitrogen and oxygen atoms in total. The number of hydrogen-bond acceptors (Lipinski definition) is 2. The average Bonchev–Trinajstić information content (AvgIpc) is 2.33. The molecule has 1 saturated heterocycles. The molecule has 0 aromatic heterocycles. The van der Waals surface area contributed by atoms with E-state index in [0.29, 0.717) is 6.04 Å². The molecule has 1 fully saturated rings. The molecular weight excluding hydrogens is 252 g/mol. The summed E-state index contributed by atoms with van der Waals surface area (Å²) in [4.78, 5) is 2.54. The van der Waals surface area contributed by atoms with Crippen LogP contribution in [0.5, 0.6) is 0 Å². The Labute approximate surface area is 99.8 Å². The third-order valence-electron chi connectivity index (χ3n) is 2.92. The molecule has 82 valence electrons. The molecule has 0 spiro atoms. The van der Waals surface area contributed by atoms with E-state index in [1.54, 1.807) is 0 Å². The summed E-state index contributed by atoms with van der Waals surface area (Å²) in [5.74, 6) is 0. The van der Waals surface area contributed by atoms with Crippen molar-refractivity contribution in [2.75, 3.05) is 31.5 Å². The fourth-order valence-corrected chi connectivity index (χ4v) is 2.85. The highest BCUT2D eigenvalue weighted by molar-refractivity contribution is 9.09. The Kier molecular flexibility index (Phi) is 4.18. The molecule has 0 aliphatic carbocycles. The second-order valence-electron chi connectivity index (χ2n) is 3.87. The van der Waals surface area contributed by atoms with Gasteiger partial charge in [0.25, 0.3) is 0 Å². The Morgan fingerprint density at radius 3 is 2.47 bits per heavy atom. The van der Waals surface area contributed by atoms with Crippen LogP contribution in [0.1, 0.15) is 11.6 Å². The van der Waals surface area contributed by atoms with Gasteiger partial charge in [0.05, 0.1) is 0 Å². The molecule has 0 amide bonds. The van der Waals surface area contributed by atoms with Crippen molar-refractivity contribution >= 4 is 15.9 Å². The lowest BCUT2D eigenvalue weighted by molar-refractivity contribution is 0.189. The van der Waals surface area contributed by atoms with Gasteiger partial charge in [0, 0.05) is 37.6 Å². The van der Waals surface area contributed by atoms with Gasteiger partial charge in [-0.2, -0.15) is 0 Å². The van der Waals surface area contributed by atoms with Crippen molar-refractivity contribution in [3.05, 3.63) is 35.9 Å². The van der Waals surface area contributed by atoms with E-state index < -0.39 is 0 Å². The first-order valence-electron chi connectivity index (χ1n) is 5.47. The molecule has 0 bridgehead atoms. The largest absolute Gasteiger partial charge is 0.314 e. The van der Waals surface area contributed by atoms with E-state index in [1.807, 2.05) is 0 Å². The van der Waals surface area contributed by atoms with Crippen LogP contribution in [-0.2, 0) is 0 Å². The zero-order valence-electron chi connectivity index (χ0n) is 8.82. The van der Waals surface area contributed by atoms with E-state index >= 15 is 0 Å². The number of benzene rings is 1. The molecule has 15 heavy (non-hydrogen) atoms. The smallest absolute Gasteiger partial charge is 0.0446 e. The minimum Gasteiger partial charge on any atom is -0.314 e. The van der Waals surface area contributed by atoms with Gasteiger partial charge in [-0.15, -0.1) is 0 Å². The molecule has 0 saturated carbocycles. The highest BCUT2D eigenvalue weighted by Crippen LogP contribution is 2.22. The molecule has 1 unspecified atom stereocenters. The number of rotatable bonds is 3. The molecule has 2 rings (SSSR count). The van der Waals surface area contributed by atoms with Gasteiger partial charge < -0.3 is 5.32 Å². The summed E-state index contributed by atoms with van der Waals surface area (Å²) < 4.78 is 0. The van der Waals surface area contributed by atoms with E-state index in [1.165, 1.54) is 5.56 Å². The van der Waals surface area contributed by atoms with Crippen molar-refractivity contribution in [1.29, 1.82) is 0 Å². The quantitative estimate of drug-likeness (QED) is 0.845. The van der Waals surface area contributed by atoms with Crippen molar-refractivity contribution in [1.82, 2.24) is 10.2 Å². The summed E-state index contributed by atoms with van der Waals surface area (Å²) in [7, 11) is 0. The van der Waals surface area contributed by atoms with Crippen molar-refractivity contribution in [2.45, 2.75) is 6.04 Å². The van der Waals surface area contributed by atoms with Crippen LogP contribution < -0.4 is 5.32 Å². The van der Waals surface area contributed by atoms with Crippen LogP contribution in [0.15, 0.2) is 30.3 Å². The van der Waals surface area contributed by atoms with Crippen molar-refractivity contribution in [3.8, 4) is 0 Å². The molecule has 1 aromatic rings. The minimum absolute atomic E-state index is 0.522. The predicted octanol–water partition coefficient (Wildman–Crippen LogP) is 2.03. The second kappa shape index (κ2) is 5.64. The Morgan fingerprint density at radius 2 is 1.87 bits per heavy atom. The normalized spacial score (nSPS) is 20.1. The van der Waals surface area contributed by atoms with Crippen LogP contribution >= 0.6 is 15.9 Å². The number of halogens is 1. The first kappa shape index (κ1) is 11.1. The summed E-state index contributed by atoms with van der Waals surface area (Å²) in [6, 6.07) is 11.3. The van der Waals surface area contributed by atoms with E-state index in [9.17, 15) is 0 Å². The maximum Gasteiger partial charge on any atom is 0.0446 e. The van der Waals surface area contributed by atoms with E-state index in [2.05, 4.69) is 56.5 Å².